The summed E-state index contributed by atoms with van der Waals surface area (Å²) in [4.78, 5) is 24.4. The van der Waals surface area contributed by atoms with Crippen LogP contribution in [-0.4, -0.2) is 17.4 Å². The molecule has 0 atom stereocenters. The average molecular weight is 276 g/mol. The van der Waals surface area contributed by atoms with E-state index in [1.165, 1.54) is 0 Å². The molecule has 1 rings (SSSR count). The lowest BCUT2D eigenvalue weighted by Crippen LogP contribution is -2.52. The van der Waals surface area contributed by atoms with Crippen LogP contribution in [0.2, 0.25) is 0 Å². The van der Waals surface area contributed by atoms with Gasteiger partial charge in [0.15, 0.2) is 0 Å². The molecule has 110 valence electrons. The highest BCUT2D eigenvalue weighted by molar-refractivity contribution is 6.04. The number of hydrogen-bond acceptors (Lipinski definition) is 2. The maximum Gasteiger partial charge on any atom is 0.235 e. The quantitative estimate of drug-likeness (QED) is 0.829. The van der Waals surface area contributed by atoms with E-state index in [-0.39, 0.29) is 17.4 Å². The molecular formula is C16H24N2O2. The van der Waals surface area contributed by atoms with Gasteiger partial charge < -0.3 is 10.6 Å². The Balaban J connectivity index is 2.63. The SMILES string of the molecule is CC(C)(C)NC(=O)C(C)(C)C(=O)NCc1ccccc1. The molecule has 0 bridgehead atoms. The smallest absolute Gasteiger partial charge is 0.235 e. The minimum atomic E-state index is -1.10. The standard InChI is InChI=1S/C16H24N2O2/c1-15(2,3)18-14(20)16(4,5)13(19)17-11-12-9-7-6-8-10-12/h6-10H,11H2,1-5H3,(H,17,19)(H,18,20). The molecule has 0 saturated carbocycles. The second-order valence-corrected chi connectivity index (χ2v) is 6.50. The van der Waals surface area contributed by atoms with E-state index in [2.05, 4.69) is 10.6 Å². The molecule has 0 spiro atoms. The van der Waals surface area contributed by atoms with Gasteiger partial charge in [-0.25, -0.2) is 0 Å². The maximum absolute atomic E-state index is 12.2. The van der Waals surface area contributed by atoms with Crippen molar-refractivity contribution >= 4 is 11.8 Å². The zero-order valence-corrected chi connectivity index (χ0v) is 12.9. The van der Waals surface area contributed by atoms with E-state index in [4.69, 9.17) is 0 Å². The molecule has 4 heteroatoms. The molecule has 4 nitrogen and oxygen atoms in total. The summed E-state index contributed by atoms with van der Waals surface area (Å²) in [7, 11) is 0. The van der Waals surface area contributed by atoms with E-state index in [1.54, 1.807) is 13.8 Å². The molecule has 0 fully saturated rings. The Labute approximate surface area is 121 Å². The number of hydrogen-bond donors (Lipinski definition) is 2. The Morgan fingerprint density at radius 3 is 2.00 bits per heavy atom. The van der Waals surface area contributed by atoms with Crippen molar-refractivity contribution in [2.45, 2.75) is 46.7 Å². The van der Waals surface area contributed by atoms with E-state index in [0.717, 1.165) is 5.56 Å². The minimum Gasteiger partial charge on any atom is -0.351 e. The van der Waals surface area contributed by atoms with Gasteiger partial charge in [0.25, 0.3) is 0 Å². The van der Waals surface area contributed by atoms with Crippen LogP contribution < -0.4 is 10.6 Å². The van der Waals surface area contributed by atoms with Crippen LogP contribution in [0.5, 0.6) is 0 Å². The molecule has 0 aliphatic carbocycles. The van der Waals surface area contributed by atoms with Gasteiger partial charge >= 0.3 is 0 Å². The molecule has 0 aliphatic heterocycles. The first-order valence-electron chi connectivity index (χ1n) is 6.78. The second kappa shape index (κ2) is 6.07. The van der Waals surface area contributed by atoms with E-state index < -0.39 is 5.41 Å². The van der Waals surface area contributed by atoms with Crippen molar-refractivity contribution in [2.75, 3.05) is 0 Å². The minimum absolute atomic E-state index is 0.268. The van der Waals surface area contributed by atoms with Gasteiger partial charge in [0.05, 0.1) is 0 Å². The number of nitrogens with one attached hydrogen (secondary N) is 2. The predicted octanol–water partition coefficient (Wildman–Crippen LogP) is 2.24. The van der Waals surface area contributed by atoms with Crippen LogP contribution in [-0.2, 0) is 16.1 Å². The van der Waals surface area contributed by atoms with Gasteiger partial charge in [-0.2, -0.15) is 0 Å². The van der Waals surface area contributed by atoms with Gasteiger partial charge in [-0.1, -0.05) is 30.3 Å². The van der Waals surface area contributed by atoms with Gasteiger partial charge in [0, 0.05) is 12.1 Å². The van der Waals surface area contributed by atoms with Crippen LogP contribution >= 0.6 is 0 Å². The van der Waals surface area contributed by atoms with E-state index in [9.17, 15) is 9.59 Å². The molecule has 0 unspecified atom stereocenters. The lowest BCUT2D eigenvalue weighted by atomic mass is 9.89. The molecule has 1 aromatic rings. The summed E-state index contributed by atoms with van der Waals surface area (Å²) in [6, 6.07) is 9.62. The molecule has 20 heavy (non-hydrogen) atoms. The first-order chi connectivity index (χ1) is 9.13. The highest BCUT2D eigenvalue weighted by atomic mass is 16.2. The first-order valence-corrected chi connectivity index (χ1v) is 6.78. The van der Waals surface area contributed by atoms with Crippen LogP contribution in [0.25, 0.3) is 0 Å². The number of benzene rings is 1. The van der Waals surface area contributed by atoms with Gasteiger partial charge in [0.1, 0.15) is 5.41 Å². The Kier molecular flexibility index (Phi) is 4.93. The Morgan fingerprint density at radius 1 is 0.950 bits per heavy atom. The molecule has 2 N–H and O–H groups in total. The summed E-state index contributed by atoms with van der Waals surface area (Å²) in [6.45, 7) is 9.36. The fourth-order valence-corrected chi connectivity index (χ4v) is 1.60. The largest absolute Gasteiger partial charge is 0.351 e. The van der Waals surface area contributed by atoms with Crippen LogP contribution in [0.15, 0.2) is 30.3 Å². The fraction of sp³-hybridized carbons (Fsp3) is 0.500. The highest BCUT2D eigenvalue weighted by Gasteiger charge is 2.37. The van der Waals surface area contributed by atoms with Crippen molar-refractivity contribution in [1.29, 1.82) is 0 Å². The zero-order valence-electron chi connectivity index (χ0n) is 12.9. The van der Waals surface area contributed by atoms with E-state index in [1.807, 2.05) is 51.1 Å². The average Bonchev–Trinajstić information content (AvgIpc) is 2.35. The second-order valence-electron chi connectivity index (χ2n) is 6.50. The summed E-state index contributed by atoms with van der Waals surface area (Å²) in [6.07, 6.45) is 0. The molecule has 0 heterocycles. The number of amides is 2. The summed E-state index contributed by atoms with van der Waals surface area (Å²) in [5.41, 5.74) is -0.441. The van der Waals surface area contributed by atoms with Gasteiger partial charge in [-0.3, -0.25) is 9.59 Å². The molecule has 2 amide bonds. The summed E-state index contributed by atoms with van der Waals surface area (Å²) >= 11 is 0. The molecule has 0 aliphatic rings. The third-order valence-corrected chi connectivity index (χ3v) is 2.92. The topological polar surface area (TPSA) is 58.2 Å². The maximum atomic E-state index is 12.2. The van der Waals surface area contributed by atoms with E-state index >= 15 is 0 Å². The summed E-state index contributed by atoms with van der Waals surface area (Å²) in [5, 5.41) is 5.64. The number of carbonyl (C=O) groups is 2. The Bertz CT molecular complexity index is 473. The first kappa shape index (κ1) is 16.2. The molecule has 1 aromatic carbocycles. The summed E-state index contributed by atoms with van der Waals surface area (Å²) < 4.78 is 0. The van der Waals surface area contributed by atoms with Crippen molar-refractivity contribution in [2.24, 2.45) is 5.41 Å². The molecular weight excluding hydrogens is 252 g/mol. The monoisotopic (exact) mass is 276 g/mol. The normalized spacial score (nSPS) is 11.8. The lowest BCUT2D eigenvalue weighted by Gasteiger charge is -2.28. The predicted molar refractivity (Wildman–Crippen MR) is 80.0 cm³/mol. The van der Waals surface area contributed by atoms with Gasteiger partial charge in [0.2, 0.25) is 11.8 Å². The van der Waals surface area contributed by atoms with E-state index in [0.29, 0.717) is 6.54 Å². The third kappa shape index (κ3) is 4.68. The van der Waals surface area contributed by atoms with Crippen molar-refractivity contribution in [1.82, 2.24) is 10.6 Å². The highest BCUT2D eigenvalue weighted by Crippen LogP contribution is 2.17. The van der Waals surface area contributed by atoms with Crippen LogP contribution in [0, 0.1) is 5.41 Å². The van der Waals surface area contributed by atoms with Gasteiger partial charge in [-0.05, 0) is 40.2 Å². The van der Waals surface area contributed by atoms with Crippen molar-refractivity contribution in [3.8, 4) is 0 Å². The molecule has 0 aromatic heterocycles. The summed E-state index contributed by atoms with van der Waals surface area (Å²) in [5.74, 6) is -0.543. The molecule has 0 radical (unpaired) electrons. The van der Waals surface area contributed by atoms with Crippen molar-refractivity contribution in [3.05, 3.63) is 35.9 Å². The van der Waals surface area contributed by atoms with Crippen LogP contribution in [0.1, 0.15) is 40.2 Å². The lowest BCUT2D eigenvalue weighted by molar-refractivity contribution is -0.142. The zero-order chi connectivity index (χ0) is 15.4. The number of carbonyl (C=O) groups excluding carboxylic acids is 2. The van der Waals surface area contributed by atoms with Gasteiger partial charge in [-0.15, -0.1) is 0 Å². The third-order valence-electron chi connectivity index (χ3n) is 2.92. The van der Waals surface area contributed by atoms with Crippen molar-refractivity contribution in [3.63, 3.8) is 0 Å². The molecule has 0 saturated heterocycles. The fourth-order valence-electron chi connectivity index (χ4n) is 1.60. The van der Waals surface area contributed by atoms with Crippen molar-refractivity contribution < 1.29 is 9.59 Å². The van der Waals surface area contributed by atoms with Crippen LogP contribution in [0.4, 0.5) is 0 Å². The van der Waals surface area contributed by atoms with Crippen LogP contribution in [0.3, 0.4) is 0 Å². The Hall–Kier alpha value is -1.84. The number of rotatable bonds is 4. The Morgan fingerprint density at radius 2 is 1.50 bits per heavy atom.